The van der Waals surface area contributed by atoms with Crippen molar-refractivity contribution in [2.75, 3.05) is 26.2 Å². The Morgan fingerprint density at radius 2 is 1.68 bits per heavy atom. The normalized spacial score (nSPS) is 17.4. The van der Waals surface area contributed by atoms with Crippen molar-refractivity contribution >= 4 is 22.0 Å². The number of nitrogens with zero attached hydrogens (tertiary/aromatic N) is 2. The molecular formula is C21H21FN2O3S. The largest absolute Gasteiger partial charge is 0.336 e. The van der Waals surface area contributed by atoms with Gasteiger partial charge in [0.1, 0.15) is 5.82 Å². The second-order valence-electron chi connectivity index (χ2n) is 7.00. The molecule has 2 aromatic carbocycles. The molecule has 2 aromatic rings. The maximum Gasteiger partial charge on any atom is 0.253 e. The van der Waals surface area contributed by atoms with Crippen LogP contribution in [0, 0.1) is 5.82 Å². The Morgan fingerprint density at radius 3 is 2.39 bits per heavy atom. The second kappa shape index (κ2) is 7.48. The highest BCUT2D eigenvalue weighted by Crippen LogP contribution is 2.22. The first-order valence-electron chi connectivity index (χ1n) is 9.29. The lowest BCUT2D eigenvalue weighted by Gasteiger charge is -2.34. The molecule has 0 N–H and O–H groups in total. The van der Waals surface area contributed by atoms with Crippen LogP contribution in [-0.4, -0.2) is 49.7 Å². The fraction of sp³-hybridized carbons (Fsp3) is 0.286. The van der Waals surface area contributed by atoms with Gasteiger partial charge in [0, 0.05) is 31.7 Å². The molecule has 0 unspecified atom stereocenters. The van der Waals surface area contributed by atoms with Crippen LogP contribution in [0.25, 0.3) is 6.08 Å². The van der Waals surface area contributed by atoms with Crippen molar-refractivity contribution in [1.29, 1.82) is 0 Å². The number of allylic oxidation sites excluding steroid dienone is 1. The van der Waals surface area contributed by atoms with Gasteiger partial charge in [-0.05, 0) is 60.4 Å². The van der Waals surface area contributed by atoms with E-state index in [1.54, 1.807) is 4.90 Å². The minimum Gasteiger partial charge on any atom is -0.336 e. The third-order valence-corrected chi connectivity index (χ3v) is 7.16. The minimum atomic E-state index is -3.68. The zero-order chi connectivity index (χ0) is 19.7. The van der Waals surface area contributed by atoms with Crippen LogP contribution in [-0.2, 0) is 16.4 Å². The lowest BCUT2D eigenvalue weighted by Crippen LogP contribution is -2.50. The van der Waals surface area contributed by atoms with Crippen LogP contribution in [0.2, 0.25) is 0 Å². The molecule has 5 nitrogen and oxygen atoms in total. The van der Waals surface area contributed by atoms with Crippen LogP contribution >= 0.6 is 0 Å². The fourth-order valence-corrected chi connectivity index (χ4v) is 5.06. The van der Waals surface area contributed by atoms with E-state index in [4.69, 9.17) is 0 Å². The van der Waals surface area contributed by atoms with Gasteiger partial charge >= 0.3 is 0 Å². The van der Waals surface area contributed by atoms with Gasteiger partial charge in [-0.1, -0.05) is 18.2 Å². The van der Waals surface area contributed by atoms with E-state index in [-0.39, 0.29) is 23.9 Å². The number of rotatable bonds is 3. The van der Waals surface area contributed by atoms with Gasteiger partial charge in [-0.15, -0.1) is 0 Å². The van der Waals surface area contributed by atoms with Crippen LogP contribution in [0.15, 0.2) is 53.4 Å². The molecule has 146 valence electrons. The lowest BCUT2D eigenvalue weighted by atomic mass is 9.95. The molecule has 0 aromatic heterocycles. The van der Waals surface area contributed by atoms with Crippen molar-refractivity contribution in [3.63, 3.8) is 0 Å². The van der Waals surface area contributed by atoms with Crippen LogP contribution < -0.4 is 0 Å². The number of halogens is 1. The molecule has 1 saturated heterocycles. The average Bonchev–Trinajstić information content (AvgIpc) is 2.73. The third-order valence-electron chi connectivity index (χ3n) is 5.24. The third kappa shape index (κ3) is 3.59. The van der Waals surface area contributed by atoms with Gasteiger partial charge < -0.3 is 4.90 Å². The molecule has 0 spiro atoms. The number of hydrogen-bond acceptors (Lipinski definition) is 3. The number of amides is 1. The number of benzene rings is 2. The molecule has 1 fully saturated rings. The summed E-state index contributed by atoms with van der Waals surface area (Å²) >= 11 is 0. The van der Waals surface area contributed by atoms with E-state index >= 15 is 0 Å². The van der Waals surface area contributed by atoms with Gasteiger partial charge in [0.2, 0.25) is 10.0 Å². The monoisotopic (exact) mass is 400 g/mol. The summed E-state index contributed by atoms with van der Waals surface area (Å²) in [4.78, 5) is 14.6. The summed E-state index contributed by atoms with van der Waals surface area (Å²) in [5, 5.41) is 0. The molecule has 28 heavy (non-hydrogen) atoms. The number of hydrogen-bond donors (Lipinski definition) is 0. The topological polar surface area (TPSA) is 57.7 Å². The minimum absolute atomic E-state index is 0.0661. The number of aryl methyl sites for hydroxylation is 1. The first kappa shape index (κ1) is 18.8. The Morgan fingerprint density at radius 1 is 0.964 bits per heavy atom. The number of sulfonamides is 1. The van der Waals surface area contributed by atoms with Crippen molar-refractivity contribution in [2.24, 2.45) is 0 Å². The van der Waals surface area contributed by atoms with Crippen LogP contribution in [0.3, 0.4) is 0 Å². The maximum absolute atomic E-state index is 13.1. The van der Waals surface area contributed by atoms with Gasteiger partial charge in [-0.25, -0.2) is 12.8 Å². The van der Waals surface area contributed by atoms with Crippen molar-refractivity contribution in [3.05, 3.63) is 71.0 Å². The van der Waals surface area contributed by atoms with E-state index in [1.807, 2.05) is 18.2 Å². The van der Waals surface area contributed by atoms with E-state index in [0.717, 1.165) is 30.5 Å². The van der Waals surface area contributed by atoms with Crippen molar-refractivity contribution in [1.82, 2.24) is 9.21 Å². The van der Waals surface area contributed by atoms with Gasteiger partial charge in [0.25, 0.3) is 5.91 Å². The maximum atomic E-state index is 13.1. The highest BCUT2D eigenvalue weighted by Gasteiger charge is 2.30. The van der Waals surface area contributed by atoms with Gasteiger partial charge in [-0.3, -0.25) is 4.79 Å². The number of fused-ring (bicyclic) bond motifs is 1. The van der Waals surface area contributed by atoms with E-state index in [1.165, 1.54) is 22.0 Å². The molecule has 2 aliphatic rings. The fourth-order valence-electron chi connectivity index (χ4n) is 3.64. The van der Waals surface area contributed by atoms with Crippen LogP contribution in [0.4, 0.5) is 4.39 Å². The predicted molar refractivity (Wildman–Crippen MR) is 105 cm³/mol. The summed E-state index contributed by atoms with van der Waals surface area (Å²) in [6, 6.07) is 10.6. The SMILES string of the molecule is O=C(c1ccc2c(c1)CCC=C2)N1CCN(S(=O)(=O)c2ccc(F)cc2)CC1. The molecule has 7 heteroatoms. The molecule has 1 aliphatic carbocycles. The van der Waals surface area contributed by atoms with E-state index in [9.17, 15) is 17.6 Å². The summed E-state index contributed by atoms with van der Waals surface area (Å²) in [6.07, 6.45) is 6.11. The summed E-state index contributed by atoms with van der Waals surface area (Å²) in [6.45, 7) is 1.10. The second-order valence-corrected chi connectivity index (χ2v) is 8.94. The standard InChI is InChI=1S/C21H21FN2O3S/c22-19-7-9-20(10-8-19)28(26,27)24-13-11-23(12-14-24)21(25)18-6-5-16-3-1-2-4-17(16)15-18/h1,3,5-10,15H,2,4,11-14H2. The van der Waals surface area contributed by atoms with E-state index in [2.05, 4.69) is 12.2 Å². The summed E-state index contributed by atoms with van der Waals surface area (Å²) < 4.78 is 39.8. The molecule has 4 rings (SSSR count). The Kier molecular flexibility index (Phi) is 5.03. The molecule has 0 radical (unpaired) electrons. The van der Waals surface area contributed by atoms with Gasteiger partial charge in [0.05, 0.1) is 4.90 Å². The molecular weight excluding hydrogens is 379 g/mol. The summed E-state index contributed by atoms with van der Waals surface area (Å²) in [5.74, 6) is -0.550. The molecule has 1 amide bonds. The molecule has 1 heterocycles. The van der Waals surface area contributed by atoms with Gasteiger partial charge in [-0.2, -0.15) is 4.31 Å². The van der Waals surface area contributed by atoms with Crippen molar-refractivity contribution in [2.45, 2.75) is 17.7 Å². The Bertz CT molecular complexity index is 1020. The molecule has 0 atom stereocenters. The zero-order valence-corrected chi connectivity index (χ0v) is 16.2. The zero-order valence-electron chi connectivity index (χ0n) is 15.3. The summed E-state index contributed by atoms with van der Waals surface area (Å²) in [5.41, 5.74) is 2.97. The van der Waals surface area contributed by atoms with Crippen LogP contribution in [0.5, 0.6) is 0 Å². The first-order valence-corrected chi connectivity index (χ1v) is 10.7. The number of carbonyl (C=O) groups is 1. The molecule has 0 saturated carbocycles. The lowest BCUT2D eigenvalue weighted by molar-refractivity contribution is 0.0698. The Labute approximate surface area is 164 Å². The first-order chi connectivity index (χ1) is 13.4. The number of piperazine rings is 1. The van der Waals surface area contributed by atoms with Crippen molar-refractivity contribution in [3.8, 4) is 0 Å². The highest BCUT2D eigenvalue weighted by atomic mass is 32.2. The smallest absolute Gasteiger partial charge is 0.253 e. The van der Waals surface area contributed by atoms with E-state index in [0.29, 0.717) is 18.7 Å². The summed E-state index contributed by atoms with van der Waals surface area (Å²) in [7, 11) is -3.68. The predicted octanol–water partition coefficient (Wildman–Crippen LogP) is 2.93. The van der Waals surface area contributed by atoms with Gasteiger partial charge in [0.15, 0.2) is 0 Å². The molecule has 0 bridgehead atoms. The van der Waals surface area contributed by atoms with E-state index < -0.39 is 15.8 Å². The molecule has 1 aliphatic heterocycles. The average molecular weight is 400 g/mol. The Hall–Kier alpha value is -2.51. The number of carbonyl (C=O) groups excluding carboxylic acids is 1. The quantitative estimate of drug-likeness (QED) is 0.796. The van der Waals surface area contributed by atoms with Crippen LogP contribution in [0.1, 0.15) is 27.9 Å². The Balaban J connectivity index is 1.44. The highest BCUT2D eigenvalue weighted by molar-refractivity contribution is 7.89. The van der Waals surface area contributed by atoms with Crippen molar-refractivity contribution < 1.29 is 17.6 Å².